The number of amides is 1. The summed E-state index contributed by atoms with van der Waals surface area (Å²) in [5.74, 6) is 2.13. The maximum atomic E-state index is 11.4. The number of aromatic nitrogens is 4. The molecule has 9 heteroatoms. The number of nitrogens with zero attached hydrogens (tertiary/aromatic N) is 4. The molecule has 2 fully saturated rings. The number of H-pyrrole nitrogens is 1. The van der Waals surface area contributed by atoms with Crippen LogP contribution in [0.3, 0.4) is 0 Å². The summed E-state index contributed by atoms with van der Waals surface area (Å²) in [6.07, 6.45) is 6.31. The van der Waals surface area contributed by atoms with Gasteiger partial charge in [-0.2, -0.15) is 10.1 Å². The Morgan fingerprint density at radius 2 is 2.11 bits per heavy atom. The van der Waals surface area contributed by atoms with Crippen molar-refractivity contribution in [2.75, 3.05) is 10.6 Å². The van der Waals surface area contributed by atoms with Crippen molar-refractivity contribution in [3.05, 3.63) is 23.2 Å². The number of thiophene rings is 1. The Balaban J connectivity index is 1.39. The number of carbonyl (C=O) groups excluding carboxylic acids is 1. The zero-order valence-corrected chi connectivity index (χ0v) is 16.5. The normalized spacial score (nSPS) is 24.3. The highest BCUT2D eigenvalue weighted by Gasteiger charge is 2.37. The molecular weight excluding hydrogens is 374 g/mol. The highest BCUT2D eigenvalue weighted by molar-refractivity contribution is 7.16. The molecule has 0 spiro atoms. The fraction of sp³-hybridized carbons (Fsp3) is 0.474. The molecule has 2 aliphatic heterocycles. The largest absolute Gasteiger partial charge is 0.351 e. The minimum atomic E-state index is 0.282. The van der Waals surface area contributed by atoms with E-state index in [4.69, 9.17) is 9.97 Å². The van der Waals surface area contributed by atoms with Crippen molar-refractivity contribution in [1.29, 1.82) is 0 Å². The number of hydrogen-bond donors (Lipinski definition) is 3. The van der Waals surface area contributed by atoms with Gasteiger partial charge in [0.25, 0.3) is 0 Å². The standard InChI is InChI=1S/C19H23N7OS/c1-11-7-16(25-24-11)21-17-15-5-6-28-18(15)23-19(22-17)20-12-8-13-3-2-4-14(9-12)26(13)10-27/h5-7,10,12-14H,2-4,8-9H2,1H3,(H3,20,21,22,23,24,25)/t12-,13-,14+. The van der Waals surface area contributed by atoms with Gasteiger partial charge in [0.05, 0.1) is 5.39 Å². The zero-order chi connectivity index (χ0) is 19.1. The fourth-order valence-electron chi connectivity index (χ4n) is 4.51. The molecule has 146 valence electrons. The van der Waals surface area contributed by atoms with E-state index in [0.717, 1.165) is 59.6 Å². The summed E-state index contributed by atoms with van der Waals surface area (Å²) in [6, 6.07) is 4.92. The van der Waals surface area contributed by atoms with Crippen molar-refractivity contribution < 1.29 is 4.79 Å². The minimum absolute atomic E-state index is 0.282. The number of rotatable bonds is 5. The molecule has 8 nitrogen and oxygen atoms in total. The fourth-order valence-corrected chi connectivity index (χ4v) is 5.27. The van der Waals surface area contributed by atoms with Crippen LogP contribution in [0.15, 0.2) is 17.5 Å². The van der Waals surface area contributed by atoms with Gasteiger partial charge in [-0.15, -0.1) is 11.3 Å². The van der Waals surface area contributed by atoms with Gasteiger partial charge < -0.3 is 15.5 Å². The second kappa shape index (κ2) is 7.05. The van der Waals surface area contributed by atoms with Crippen LogP contribution in [-0.2, 0) is 4.79 Å². The van der Waals surface area contributed by atoms with E-state index in [1.54, 1.807) is 11.3 Å². The second-order valence-corrected chi connectivity index (χ2v) is 8.59. The highest BCUT2D eigenvalue weighted by atomic mass is 32.1. The number of hydrogen-bond acceptors (Lipinski definition) is 7. The smallest absolute Gasteiger partial charge is 0.226 e. The van der Waals surface area contributed by atoms with Crippen molar-refractivity contribution in [2.24, 2.45) is 0 Å². The van der Waals surface area contributed by atoms with E-state index >= 15 is 0 Å². The van der Waals surface area contributed by atoms with Crippen LogP contribution < -0.4 is 10.6 Å². The number of piperidine rings is 2. The lowest BCUT2D eigenvalue weighted by molar-refractivity contribution is -0.126. The quantitative estimate of drug-likeness (QED) is 0.571. The lowest BCUT2D eigenvalue weighted by Crippen LogP contribution is -2.54. The Hall–Kier alpha value is -2.68. The van der Waals surface area contributed by atoms with Gasteiger partial charge in [-0.05, 0) is 50.5 Å². The van der Waals surface area contributed by atoms with Crippen molar-refractivity contribution in [3.63, 3.8) is 0 Å². The van der Waals surface area contributed by atoms with Crippen LogP contribution in [0.25, 0.3) is 10.2 Å². The predicted molar refractivity (Wildman–Crippen MR) is 110 cm³/mol. The SMILES string of the molecule is Cc1cc(Nc2nc(N[C@@H]3C[C@H]4CCC[C@@H](C3)N4C=O)nc3sccc23)n[nH]1. The molecule has 2 saturated heterocycles. The van der Waals surface area contributed by atoms with Crippen LogP contribution in [0, 0.1) is 6.92 Å². The van der Waals surface area contributed by atoms with Crippen LogP contribution in [0.2, 0.25) is 0 Å². The monoisotopic (exact) mass is 397 g/mol. The molecule has 0 aromatic carbocycles. The number of fused-ring (bicyclic) bond motifs is 3. The van der Waals surface area contributed by atoms with E-state index in [1.807, 2.05) is 29.3 Å². The molecule has 3 N–H and O–H groups in total. The number of aryl methyl sites for hydroxylation is 1. The van der Waals surface area contributed by atoms with Gasteiger partial charge in [0.2, 0.25) is 12.4 Å². The van der Waals surface area contributed by atoms with Gasteiger partial charge in [0, 0.05) is 29.9 Å². The van der Waals surface area contributed by atoms with Gasteiger partial charge in [0.15, 0.2) is 5.82 Å². The molecule has 1 amide bonds. The Morgan fingerprint density at radius 1 is 1.29 bits per heavy atom. The molecule has 28 heavy (non-hydrogen) atoms. The molecule has 0 saturated carbocycles. The Bertz CT molecular complexity index is 985. The first-order chi connectivity index (χ1) is 13.7. The molecule has 5 heterocycles. The first-order valence-electron chi connectivity index (χ1n) is 9.73. The first-order valence-corrected chi connectivity index (χ1v) is 10.6. The maximum absolute atomic E-state index is 11.4. The molecule has 5 rings (SSSR count). The van der Waals surface area contributed by atoms with E-state index in [2.05, 4.69) is 20.8 Å². The summed E-state index contributed by atoms with van der Waals surface area (Å²) in [4.78, 5) is 23.9. The summed E-state index contributed by atoms with van der Waals surface area (Å²) in [5.41, 5.74) is 0.991. The van der Waals surface area contributed by atoms with Crippen LogP contribution in [0.1, 0.15) is 37.8 Å². The van der Waals surface area contributed by atoms with Crippen LogP contribution in [-0.4, -0.2) is 49.6 Å². The minimum Gasteiger partial charge on any atom is -0.351 e. The Labute approximate surface area is 166 Å². The number of nitrogens with one attached hydrogen (secondary N) is 3. The van der Waals surface area contributed by atoms with Crippen molar-refractivity contribution in [2.45, 2.75) is 57.2 Å². The summed E-state index contributed by atoms with van der Waals surface area (Å²) in [6.45, 7) is 1.97. The van der Waals surface area contributed by atoms with E-state index in [0.29, 0.717) is 18.0 Å². The summed E-state index contributed by atoms with van der Waals surface area (Å²) in [5, 5.41) is 17.1. The molecule has 0 radical (unpaired) electrons. The third-order valence-corrected chi connectivity index (χ3v) is 6.57. The van der Waals surface area contributed by atoms with Crippen LogP contribution in [0.5, 0.6) is 0 Å². The lowest BCUT2D eigenvalue weighted by Gasteiger charge is -2.47. The number of carbonyl (C=O) groups is 1. The van der Waals surface area contributed by atoms with Crippen LogP contribution in [0.4, 0.5) is 17.6 Å². The van der Waals surface area contributed by atoms with E-state index in [1.165, 1.54) is 6.42 Å². The number of aromatic amines is 1. The molecule has 3 aromatic rings. The van der Waals surface area contributed by atoms with Gasteiger partial charge >= 0.3 is 0 Å². The average Bonchev–Trinajstić information content (AvgIpc) is 3.30. The molecular formula is C19H23N7OS. The molecule has 2 aliphatic rings. The van der Waals surface area contributed by atoms with Crippen LogP contribution >= 0.6 is 11.3 Å². The molecule has 2 bridgehead atoms. The van der Waals surface area contributed by atoms with Crippen molar-refractivity contribution in [3.8, 4) is 0 Å². The molecule has 3 aromatic heterocycles. The second-order valence-electron chi connectivity index (χ2n) is 7.70. The molecule has 0 aliphatic carbocycles. The summed E-state index contributed by atoms with van der Waals surface area (Å²) in [7, 11) is 0. The Morgan fingerprint density at radius 3 is 2.82 bits per heavy atom. The lowest BCUT2D eigenvalue weighted by atomic mass is 9.82. The average molecular weight is 398 g/mol. The maximum Gasteiger partial charge on any atom is 0.226 e. The number of anilines is 3. The van der Waals surface area contributed by atoms with Crippen molar-refractivity contribution >= 4 is 45.5 Å². The van der Waals surface area contributed by atoms with Gasteiger partial charge in [0.1, 0.15) is 10.6 Å². The highest BCUT2D eigenvalue weighted by Crippen LogP contribution is 2.35. The first kappa shape index (κ1) is 17.4. The van der Waals surface area contributed by atoms with E-state index < -0.39 is 0 Å². The summed E-state index contributed by atoms with van der Waals surface area (Å²) >= 11 is 1.60. The van der Waals surface area contributed by atoms with Gasteiger partial charge in [-0.25, -0.2) is 4.98 Å². The topological polar surface area (TPSA) is 98.8 Å². The van der Waals surface area contributed by atoms with Crippen molar-refractivity contribution in [1.82, 2.24) is 25.1 Å². The molecule has 0 unspecified atom stereocenters. The summed E-state index contributed by atoms with van der Waals surface area (Å²) < 4.78 is 0. The Kier molecular flexibility index (Phi) is 4.38. The zero-order valence-electron chi connectivity index (χ0n) is 15.7. The third kappa shape index (κ3) is 3.19. The molecule has 3 atom stereocenters. The van der Waals surface area contributed by atoms with Gasteiger partial charge in [-0.3, -0.25) is 9.89 Å². The van der Waals surface area contributed by atoms with E-state index in [9.17, 15) is 4.79 Å². The predicted octanol–water partition coefficient (Wildman–Crippen LogP) is 3.42. The third-order valence-electron chi connectivity index (χ3n) is 5.76. The van der Waals surface area contributed by atoms with E-state index in [-0.39, 0.29) is 6.04 Å². The van der Waals surface area contributed by atoms with Gasteiger partial charge in [-0.1, -0.05) is 0 Å².